The molecule has 0 aliphatic rings. The van der Waals surface area contributed by atoms with Gasteiger partial charge in [0, 0.05) is 0 Å². The van der Waals surface area contributed by atoms with Crippen molar-refractivity contribution in [2.24, 2.45) is 0 Å². The van der Waals surface area contributed by atoms with Gasteiger partial charge in [-0.1, -0.05) is 0 Å². The van der Waals surface area contributed by atoms with Crippen LogP contribution in [-0.2, 0) is 17.3 Å². The van der Waals surface area contributed by atoms with Gasteiger partial charge in [0.1, 0.15) is 4.88 Å². The number of thiophene rings is 1. The molecule has 8 heteroatoms. The smallest absolute Gasteiger partial charge is 0.768 e. The molecule has 0 fully saturated rings. The molecule has 1 rings (SSSR count). The summed E-state index contributed by atoms with van der Waals surface area (Å²) in [6, 6.07) is 1.67. The molecular weight excluding hydrogens is 236 g/mol. The van der Waals surface area contributed by atoms with Gasteiger partial charge in [0.2, 0.25) is 0 Å². The molecule has 0 N–H and O–H groups in total. The molecule has 0 radical (unpaired) electrons. The van der Waals surface area contributed by atoms with Crippen LogP contribution in [0.4, 0.5) is 13.2 Å². The van der Waals surface area contributed by atoms with Crippen molar-refractivity contribution in [1.29, 1.82) is 0 Å². The fourth-order valence-corrected chi connectivity index (χ4v) is 1.89. The van der Waals surface area contributed by atoms with Crippen LogP contribution in [0.2, 0.25) is 0 Å². The second kappa shape index (κ2) is 4.90. The van der Waals surface area contributed by atoms with Crippen molar-refractivity contribution in [2.45, 2.75) is 10.4 Å². The Kier molecular flexibility index (Phi) is 5.13. The molecule has 1 aromatic heterocycles. The first-order valence-electron chi connectivity index (χ1n) is 2.67. The summed E-state index contributed by atoms with van der Waals surface area (Å²) in [4.78, 5) is -0.901. The second-order valence-corrected chi connectivity index (χ2v) is 4.10. The normalized spacial score (nSPS) is 13.5. The summed E-state index contributed by atoms with van der Waals surface area (Å²) in [7, 11) is 0. The minimum Gasteiger partial charge on any atom is -0.768 e. The van der Waals surface area contributed by atoms with Crippen molar-refractivity contribution >= 4 is 22.4 Å². The summed E-state index contributed by atoms with van der Waals surface area (Å²) < 4.78 is 55.7. The molecule has 0 bridgehead atoms. The van der Waals surface area contributed by atoms with Crippen LogP contribution < -0.4 is 29.6 Å². The number of hydrogen-bond acceptors (Lipinski definition) is 3. The summed E-state index contributed by atoms with van der Waals surface area (Å²) in [6.07, 6.45) is -4.46. The van der Waals surface area contributed by atoms with Crippen LogP contribution in [0.1, 0.15) is 4.88 Å². The van der Waals surface area contributed by atoms with Crippen molar-refractivity contribution in [3.8, 4) is 0 Å². The van der Waals surface area contributed by atoms with Crippen molar-refractivity contribution in [3.63, 3.8) is 0 Å². The predicted octanol–water partition coefficient (Wildman–Crippen LogP) is -0.991. The van der Waals surface area contributed by atoms with Crippen LogP contribution in [0.15, 0.2) is 16.3 Å². The molecule has 2 nitrogen and oxygen atoms in total. The maximum Gasteiger partial charge on any atom is 1.00 e. The van der Waals surface area contributed by atoms with Gasteiger partial charge in [0.25, 0.3) is 0 Å². The maximum absolute atomic E-state index is 11.9. The Morgan fingerprint density at radius 1 is 1.38 bits per heavy atom. The van der Waals surface area contributed by atoms with E-state index in [1.807, 2.05) is 0 Å². The zero-order valence-corrected chi connectivity index (χ0v) is 10.1. The summed E-state index contributed by atoms with van der Waals surface area (Å²) in [5, 5.41) is 0. The van der Waals surface area contributed by atoms with Crippen molar-refractivity contribution in [1.82, 2.24) is 0 Å². The van der Waals surface area contributed by atoms with E-state index in [0.29, 0.717) is 0 Å². The summed E-state index contributed by atoms with van der Waals surface area (Å²) in [5.41, 5.74) is 0. The molecule has 13 heavy (non-hydrogen) atoms. The average Bonchev–Trinajstić information content (AvgIpc) is 2.30. The van der Waals surface area contributed by atoms with Crippen molar-refractivity contribution in [2.75, 3.05) is 0 Å². The second-order valence-electron chi connectivity index (χ2n) is 1.85. The Morgan fingerprint density at radius 2 is 1.92 bits per heavy atom. The van der Waals surface area contributed by atoms with Gasteiger partial charge >= 0.3 is 35.7 Å². The summed E-state index contributed by atoms with van der Waals surface area (Å²) in [5.74, 6) is 0. The molecular formula is C5H2F3NaO2S2. The van der Waals surface area contributed by atoms with E-state index in [9.17, 15) is 21.9 Å². The van der Waals surface area contributed by atoms with Gasteiger partial charge in [-0.25, -0.2) is 0 Å². The van der Waals surface area contributed by atoms with Gasteiger partial charge < -0.3 is 4.55 Å². The SMILES string of the molecule is O=S([O-])c1ccc(C(F)(F)F)s1.[Na+]. The monoisotopic (exact) mass is 238 g/mol. The zero-order valence-electron chi connectivity index (χ0n) is 6.42. The van der Waals surface area contributed by atoms with Gasteiger partial charge in [-0.05, 0) is 23.2 Å². The third-order valence-corrected chi connectivity index (χ3v) is 3.07. The van der Waals surface area contributed by atoms with Crippen LogP contribution in [0.5, 0.6) is 0 Å². The molecule has 0 saturated heterocycles. The van der Waals surface area contributed by atoms with E-state index in [2.05, 4.69) is 0 Å². The summed E-state index contributed by atoms with van der Waals surface area (Å²) >= 11 is -2.36. The quantitative estimate of drug-likeness (QED) is 0.465. The van der Waals surface area contributed by atoms with E-state index in [-0.39, 0.29) is 45.1 Å². The fraction of sp³-hybridized carbons (Fsp3) is 0.200. The number of hydrogen-bond donors (Lipinski definition) is 0. The van der Waals surface area contributed by atoms with Crippen LogP contribution in [0.3, 0.4) is 0 Å². The van der Waals surface area contributed by atoms with Crippen LogP contribution >= 0.6 is 11.3 Å². The standard InChI is InChI=1S/C5H3F3O2S2.Na/c6-5(7,8)3-1-2-4(11-3)12(9)10;/h1-2H,(H,9,10);/q;+1/p-1. The van der Waals surface area contributed by atoms with Crippen LogP contribution in [-0.4, -0.2) is 8.76 Å². The molecule has 1 aromatic rings. The molecule has 0 aliphatic carbocycles. The average molecular weight is 238 g/mol. The third kappa shape index (κ3) is 3.69. The van der Waals surface area contributed by atoms with E-state index < -0.39 is 22.1 Å². The van der Waals surface area contributed by atoms with Gasteiger partial charge in [0.15, 0.2) is 0 Å². The van der Waals surface area contributed by atoms with E-state index in [0.717, 1.165) is 12.1 Å². The first kappa shape index (κ1) is 13.6. The third-order valence-electron chi connectivity index (χ3n) is 1.02. The first-order chi connectivity index (χ1) is 5.41. The van der Waals surface area contributed by atoms with Crippen LogP contribution in [0.25, 0.3) is 0 Å². The molecule has 68 valence electrons. The van der Waals surface area contributed by atoms with E-state index >= 15 is 0 Å². The molecule has 0 aliphatic heterocycles. The Hall–Kier alpha value is 0.600. The first-order valence-corrected chi connectivity index (χ1v) is 4.56. The molecule has 0 aromatic carbocycles. The topological polar surface area (TPSA) is 40.1 Å². The number of halogens is 3. The largest absolute Gasteiger partial charge is 1.00 e. The van der Waals surface area contributed by atoms with E-state index in [1.165, 1.54) is 0 Å². The molecule has 0 spiro atoms. The minimum absolute atomic E-state index is 0. The molecule has 1 unspecified atom stereocenters. The Balaban J connectivity index is 0.00000144. The molecule has 1 heterocycles. The Bertz CT molecular complexity index is 309. The van der Waals surface area contributed by atoms with E-state index in [1.54, 1.807) is 0 Å². The molecule has 1 atom stereocenters. The number of alkyl halides is 3. The van der Waals surface area contributed by atoms with Crippen molar-refractivity contribution < 1.29 is 51.5 Å². The Labute approximate surface area is 101 Å². The maximum atomic E-state index is 11.9. The van der Waals surface area contributed by atoms with Gasteiger partial charge in [-0.15, -0.1) is 11.3 Å². The Morgan fingerprint density at radius 3 is 2.15 bits per heavy atom. The zero-order chi connectivity index (χ0) is 9.35. The fourth-order valence-electron chi connectivity index (χ4n) is 0.562. The van der Waals surface area contributed by atoms with E-state index in [4.69, 9.17) is 0 Å². The summed E-state index contributed by atoms with van der Waals surface area (Å²) in [6.45, 7) is 0. The van der Waals surface area contributed by atoms with Gasteiger partial charge in [0.05, 0.1) is 4.21 Å². The minimum atomic E-state index is -4.46. The van der Waals surface area contributed by atoms with Crippen LogP contribution in [0, 0.1) is 0 Å². The van der Waals surface area contributed by atoms with Gasteiger partial charge in [-0.2, -0.15) is 13.2 Å². The number of rotatable bonds is 1. The molecule has 0 saturated carbocycles. The van der Waals surface area contributed by atoms with Gasteiger partial charge in [-0.3, -0.25) is 4.21 Å². The van der Waals surface area contributed by atoms with Crippen molar-refractivity contribution in [3.05, 3.63) is 17.0 Å². The molecule has 0 amide bonds. The predicted molar refractivity (Wildman–Crippen MR) is 36.5 cm³/mol.